The van der Waals surface area contributed by atoms with E-state index in [0.29, 0.717) is 11.3 Å². The molecule has 1 aliphatic rings. The molecule has 0 fully saturated rings. The number of ketones is 1. The molecule has 2 rings (SSSR count). The van der Waals surface area contributed by atoms with Gasteiger partial charge in [-0.25, -0.2) is 9.18 Å². The molecule has 1 atom stereocenters. The molecule has 104 valence electrons. The van der Waals surface area contributed by atoms with Crippen LogP contribution in [-0.2, 0) is 14.4 Å². The Bertz CT molecular complexity index is 668. The molecular formula is C13H10ClFN2O3. The van der Waals surface area contributed by atoms with Gasteiger partial charge < -0.3 is 4.84 Å². The summed E-state index contributed by atoms with van der Waals surface area (Å²) < 4.78 is 13.5. The third-order valence-electron chi connectivity index (χ3n) is 3.12. The number of benzene rings is 1. The highest BCUT2D eigenvalue weighted by molar-refractivity contribution is 6.34. The summed E-state index contributed by atoms with van der Waals surface area (Å²) in [6, 6.07) is 2.30. The molecular weight excluding hydrogens is 287 g/mol. The van der Waals surface area contributed by atoms with Crippen LogP contribution in [0.1, 0.15) is 25.8 Å². The Kier molecular flexibility index (Phi) is 3.70. The standard InChI is InChI=1S/C13H10ClFN2O3/c1-7(19)13(2)5-12(17-20-13)8-3-11(16-6-18)10(15)4-9(8)14/h3-4H,5H2,1-2H3. The van der Waals surface area contributed by atoms with E-state index in [-0.39, 0.29) is 22.9 Å². The van der Waals surface area contributed by atoms with Crippen molar-refractivity contribution >= 4 is 34.9 Å². The van der Waals surface area contributed by atoms with Crippen LogP contribution >= 0.6 is 11.6 Å². The van der Waals surface area contributed by atoms with E-state index in [1.807, 2.05) is 0 Å². The van der Waals surface area contributed by atoms with Crippen molar-refractivity contribution in [1.82, 2.24) is 0 Å². The second-order valence-electron chi connectivity index (χ2n) is 4.58. The van der Waals surface area contributed by atoms with Gasteiger partial charge in [-0.3, -0.25) is 4.79 Å². The van der Waals surface area contributed by atoms with E-state index in [9.17, 15) is 14.0 Å². The van der Waals surface area contributed by atoms with Crippen molar-refractivity contribution < 1.29 is 18.8 Å². The Labute approximate surface area is 119 Å². The molecule has 20 heavy (non-hydrogen) atoms. The first kappa shape index (κ1) is 14.4. The van der Waals surface area contributed by atoms with Gasteiger partial charge in [-0.2, -0.15) is 4.99 Å². The molecule has 0 amide bonds. The quantitative estimate of drug-likeness (QED) is 0.636. The van der Waals surface area contributed by atoms with Crippen molar-refractivity contribution in [2.75, 3.05) is 0 Å². The number of hydrogen-bond acceptors (Lipinski definition) is 5. The zero-order chi connectivity index (χ0) is 14.9. The van der Waals surface area contributed by atoms with Crippen molar-refractivity contribution in [3.05, 3.63) is 28.5 Å². The Morgan fingerprint density at radius 3 is 2.85 bits per heavy atom. The van der Waals surface area contributed by atoms with Gasteiger partial charge >= 0.3 is 0 Å². The molecule has 5 nitrogen and oxygen atoms in total. The van der Waals surface area contributed by atoms with Gasteiger partial charge in [-0.1, -0.05) is 16.8 Å². The summed E-state index contributed by atoms with van der Waals surface area (Å²) in [6.07, 6.45) is 1.47. The van der Waals surface area contributed by atoms with Gasteiger partial charge in [-0.15, -0.1) is 0 Å². The molecule has 0 spiro atoms. The van der Waals surface area contributed by atoms with Crippen molar-refractivity contribution in [1.29, 1.82) is 0 Å². The van der Waals surface area contributed by atoms with Crippen LogP contribution in [0.15, 0.2) is 22.3 Å². The summed E-state index contributed by atoms with van der Waals surface area (Å²) >= 11 is 5.95. The van der Waals surface area contributed by atoms with Crippen molar-refractivity contribution in [2.45, 2.75) is 25.9 Å². The summed E-state index contributed by atoms with van der Waals surface area (Å²) in [5, 5.41) is 3.92. The largest absolute Gasteiger partial charge is 0.381 e. The lowest BCUT2D eigenvalue weighted by molar-refractivity contribution is -0.136. The summed E-state index contributed by atoms with van der Waals surface area (Å²) in [6.45, 7) is 3.00. The molecule has 0 bridgehead atoms. The molecule has 1 aromatic carbocycles. The zero-order valence-electron chi connectivity index (χ0n) is 10.7. The van der Waals surface area contributed by atoms with E-state index in [4.69, 9.17) is 16.4 Å². The number of halogens is 2. The highest BCUT2D eigenvalue weighted by Crippen LogP contribution is 2.33. The van der Waals surface area contributed by atoms with Crippen LogP contribution in [0, 0.1) is 5.82 Å². The van der Waals surface area contributed by atoms with Gasteiger partial charge in [0.2, 0.25) is 6.08 Å². The van der Waals surface area contributed by atoms with Gasteiger partial charge in [0.1, 0.15) is 5.69 Å². The van der Waals surface area contributed by atoms with E-state index in [1.54, 1.807) is 6.92 Å². The minimum absolute atomic E-state index is 0.0995. The highest BCUT2D eigenvalue weighted by Gasteiger charge is 2.40. The molecule has 1 heterocycles. The van der Waals surface area contributed by atoms with Crippen LogP contribution in [0.2, 0.25) is 5.02 Å². The minimum atomic E-state index is -1.05. The van der Waals surface area contributed by atoms with E-state index < -0.39 is 11.4 Å². The molecule has 0 saturated heterocycles. The third-order valence-corrected chi connectivity index (χ3v) is 3.43. The first-order valence-corrected chi connectivity index (χ1v) is 6.08. The highest BCUT2D eigenvalue weighted by atomic mass is 35.5. The normalized spacial score (nSPS) is 20.9. The van der Waals surface area contributed by atoms with Gasteiger partial charge in [0.25, 0.3) is 0 Å². The second-order valence-corrected chi connectivity index (χ2v) is 4.99. The lowest BCUT2D eigenvalue weighted by atomic mass is 9.92. The fraction of sp³-hybridized carbons (Fsp3) is 0.308. The number of Topliss-reactive ketones (excluding diaryl/α,β-unsaturated/α-hetero) is 1. The first-order valence-electron chi connectivity index (χ1n) is 5.71. The molecule has 1 unspecified atom stereocenters. The SMILES string of the molecule is CC(=O)C1(C)CC(c2cc(N=C=O)c(F)cc2Cl)=NO1. The average molecular weight is 297 g/mol. The average Bonchev–Trinajstić information content (AvgIpc) is 2.77. The number of oxime groups is 1. The number of hydrogen-bond donors (Lipinski definition) is 0. The number of rotatable bonds is 3. The molecule has 0 aliphatic carbocycles. The maximum absolute atomic E-state index is 13.5. The Balaban J connectivity index is 2.42. The van der Waals surface area contributed by atoms with Crippen molar-refractivity contribution in [2.24, 2.45) is 10.1 Å². The van der Waals surface area contributed by atoms with Gasteiger partial charge in [0.15, 0.2) is 17.2 Å². The zero-order valence-corrected chi connectivity index (χ0v) is 11.5. The molecule has 0 aromatic heterocycles. The maximum Gasteiger partial charge on any atom is 0.240 e. The monoisotopic (exact) mass is 296 g/mol. The number of isocyanates is 1. The summed E-state index contributed by atoms with van der Waals surface area (Å²) in [4.78, 5) is 30.1. The van der Waals surface area contributed by atoms with Crippen LogP contribution in [0.3, 0.4) is 0 Å². The van der Waals surface area contributed by atoms with E-state index in [0.717, 1.165) is 6.07 Å². The molecule has 1 aromatic rings. The van der Waals surface area contributed by atoms with Gasteiger partial charge in [0.05, 0.1) is 10.7 Å². The minimum Gasteiger partial charge on any atom is -0.381 e. The Morgan fingerprint density at radius 2 is 2.30 bits per heavy atom. The van der Waals surface area contributed by atoms with E-state index >= 15 is 0 Å². The molecule has 1 aliphatic heterocycles. The molecule has 0 radical (unpaired) electrons. The lowest BCUT2D eigenvalue weighted by Gasteiger charge is -2.16. The smallest absolute Gasteiger partial charge is 0.240 e. The van der Waals surface area contributed by atoms with E-state index in [2.05, 4.69) is 10.1 Å². The van der Waals surface area contributed by atoms with Crippen LogP contribution in [0.4, 0.5) is 10.1 Å². The molecule has 0 saturated carbocycles. The number of aliphatic imine (C=N–C) groups is 1. The predicted molar refractivity (Wildman–Crippen MR) is 70.5 cm³/mol. The predicted octanol–water partition coefficient (Wildman–Crippen LogP) is 2.92. The molecule has 7 heteroatoms. The summed E-state index contributed by atoms with van der Waals surface area (Å²) in [5.41, 5.74) is -0.484. The van der Waals surface area contributed by atoms with Crippen molar-refractivity contribution in [3.8, 4) is 0 Å². The summed E-state index contributed by atoms with van der Waals surface area (Å²) in [7, 11) is 0. The van der Waals surface area contributed by atoms with Gasteiger partial charge in [0, 0.05) is 12.0 Å². The number of carbonyl (C=O) groups is 1. The first-order chi connectivity index (χ1) is 9.37. The fourth-order valence-corrected chi connectivity index (χ4v) is 2.03. The summed E-state index contributed by atoms with van der Waals surface area (Å²) in [5.74, 6) is -0.920. The van der Waals surface area contributed by atoms with Crippen LogP contribution in [0.25, 0.3) is 0 Å². The molecule has 0 N–H and O–H groups in total. The Morgan fingerprint density at radius 1 is 1.60 bits per heavy atom. The third kappa shape index (κ3) is 2.48. The Hall–Kier alpha value is -2.04. The van der Waals surface area contributed by atoms with Crippen LogP contribution in [-0.4, -0.2) is 23.2 Å². The van der Waals surface area contributed by atoms with Gasteiger partial charge in [-0.05, 0) is 26.0 Å². The van der Waals surface area contributed by atoms with Crippen LogP contribution in [0.5, 0.6) is 0 Å². The lowest BCUT2D eigenvalue weighted by Crippen LogP contribution is -2.33. The topological polar surface area (TPSA) is 68.1 Å². The maximum atomic E-state index is 13.5. The van der Waals surface area contributed by atoms with Crippen molar-refractivity contribution in [3.63, 3.8) is 0 Å². The van der Waals surface area contributed by atoms with Crippen LogP contribution < -0.4 is 0 Å². The fourth-order valence-electron chi connectivity index (χ4n) is 1.77. The number of nitrogens with zero attached hydrogens (tertiary/aromatic N) is 2. The van der Waals surface area contributed by atoms with E-state index in [1.165, 1.54) is 19.1 Å². The number of carbonyl (C=O) groups excluding carboxylic acids is 2. The second kappa shape index (κ2) is 5.15.